The maximum atomic E-state index is 7.25. The van der Waals surface area contributed by atoms with E-state index >= 15 is 0 Å². The molecule has 0 radical (unpaired) electrons. The summed E-state index contributed by atoms with van der Waals surface area (Å²) in [5.74, 6) is 5.51. The van der Waals surface area contributed by atoms with Crippen LogP contribution in [0.5, 0.6) is 0 Å². The standard InChI is InChI=1S/C12H16Si.C9H8.C7H7I/c1-11-5-7-12(8-6-11)9-10-13(2,3)4;1-3-9-6-4-8(2)5-7-9;1-6-2-4-7(8)5-3-6/h5-8H,1-4H3;1,4-7H,2H3;2-5H,1H3/i1D3;2D3;1D3. The van der Waals surface area contributed by atoms with Crippen LogP contribution in [0.4, 0.5) is 0 Å². The van der Waals surface area contributed by atoms with Gasteiger partial charge >= 0.3 is 0 Å². The average molecular weight is 532 g/mol. The number of terminal acetylenes is 1. The average Bonchev–Trinajstić information content (AvgIpc) is 2.82. The van der Waals surface area contributed by atoms with E-state index in [4.69, 9.17) is 18.8 Å². The Morgan fingerprint density at radius 1 is 0.700 bits per heavy atom. The molecule has 0 saturated carbocycles. The topological polar surface area (TPSA) is 0 Å². The third-order valence-corrected chi connectivity index (χ3v) is 4.96. The zero-order valence-corrected chi connectivity index (χ0v) is 20.5. The van der Waals surface area contributed by atoms with Gasteiger partial charge in [0, 0.05) is 27.0 Å². The third kappa shape index (κ3) is 12.3. The number of aryl methyl sites for hydroxylation is 3. The van der Waals surface area contributed by atoms with Crippen LogP contribution in [0.1, 0.15) is 40.2 Å². The molecule has 30 heavy (non-hydrogen) atoms. The molecule has 0 heterocycles. The molecule has 3 rings (SSSR count). The molecule has 0 bridgehead atoms. The second-order valence-corrected chi connectivity index (χ2v) is 13.3. The Morgan fingerprint density at radius 2 is 1.10 bits per heavy atom. The molecule has 2 heteroatoms. The van der Waals surface area contributed by atoms with Crippen molar-refractivity contribution in [3.63, 3.8) is 0 Å². The van der Waals surface area contributed by atoms with E-state index in [0.717, 1.165) is 9.13 Å². The van der Waals surface area contributed by atoms with Crippen molar-refractivity contribution in [3.05, 3.63) is 104 Å². The van der Waals surface area contributed by atoms with Crippen LogP contribution >= 0.6 is 22.6 Å². The van der Waals surface area contributed by atoms with E-state index in [2.05, 4.69) is 59.6 Å². The number of hydrogen-bond donors (Lipinski definition) is 0. The van der Waals surface area contributed by atoms with Gasteiger partial charge < -0.3 is 0 Å². The molecule has 0 atom stereocenters. The zero-order valence-electron chi connectivity index (χ0n) is 26.4. The minimum atomic E-state index is -2.03. The molecule has 0 aliphatic carbocycles. The van der Waals surface area contributed by atoms with Crippen LogP contribution in [0.15, 0.2) is 72.8 Å². The van der Waals surface area contributed by atoms with E-state index in [1.807, 2.05) is 0 Å². The lowest BCUT2D eigenvalue weighted by molar-refractivity contribution is 1.46. The molecule has 0 N–H and O–H groups in total. The van der Waals surface area contributed by atoms with Crippen LogP contribution in [0.2, 0.25) is 19.6 Å². The molecule has 0 spiro atoms. The lowest BCUT2D eigenvalue weighted by atomic mass is 10.2. The Labute approximate surface area is 210 Å². The first-order chi connectivity index (χ1) is 17.7. The predicted molar refractivity (Wildman–Crippen MR) is 144 cm³/mol. The van der Waals surface area contributed by atoms with Gasteiger partial charge in [0.25, 0.3) is 0 Å². The largest absolute Gasteiger partial charge is 0.129 e. The van der Waals surface area contributed by atoms with Crippen molar-refractivity contribution in [1.82, 2.24) is 0 Å². The highest BCUT2D eigenvalue weighted by molar-refractivity contribution is 14.1. The molecule has 0 saturated heterocycles. The maximum Gasteiger partial charge on any atom is 0.129 e. The van der Waals surface area contributed by atoms with Gasteiger partial charge in [-0.25, -0.2) is 0 Å². The van der Waals surface area contributed by atoms with E-state index in [1.54, 1.807) is 60.7 Å². The summed E-state index contributed by atoms with van der Waals surface area (Å²) in [4.78, 5) is 0. The van der Waals surface area contributed by atoms with Crippen molar-refractivity contribution in [2.45, 2.75) is 40.2 Å². The first kappa shape index (κ1) is 14.7. The maximum absolute atomic E-state index is 7.25. The Kier molecular flexibility index (Phi) is 6.42. The summed E-state index contributed by atoms with van der Waals surface area (Å²) >= 11 is 2.14. The van der Waals surface area contributed by atoms with Gasteiger partial charge in [-0.1, -0.05) is 84.6 Å². The fourth-order valence-corrected chi connectivity index (χ4v) is 2.71. The minimum absolute atomic E-state index is 0.321. The van der Waals surface area contributed by atoms with Gasteiger partial charge in [0.2, 0.25) is 0 Å². The Balaban J connectivity index is 0.000000299. The van der Waals surface area contributed by atoms with Gasteiger partial charge in [-0.15, -0.1) is 12.0 Å². The monoisotopic (exact) mass is 531 g/mol. The normalized spacial score (nSPS) is 15.2. The van der Waals surface area contributed by atoms with Gasteiger partial charge in [-0.2, -0.15) is 0 Å². The summed E-state index contributed by atoms with van der Waals surface area (Å²) < 4.78 is 65.3. The SMILES string of the molecule is [2H]C([2H])([2H])c1ccc(C#C)cc1.[2H]C([2H])([2H])c1ccc(C#C[Si](C)(C)C)cc1.[2H]C([2H])([2H])c1ccc(I)cc1. The molecule has 154 valence electrons. The number of halogens is 1. The van der Waals surface area contributed by atoms with E-state index in [1.165, 1.54) is 12.1 Å². The van der Waals surface area contributed by atoms with Gasteiger partial charge in [0.05, 0.1) is 0 Å². The fraction of sp³-hybridized carbons (Fsp3) is 0.214. The molecular formula is C28H31ISi. The summed E-state index contributed by atoms with van der Waals surface area (Å²) in [6, 6.07) is 20.0. The molecule has 0 aromatic heterocycles. The highest BCUT2D eigenvalue weighted by Gasteiger charge is 2.07. The summed E-state index contributed by atoms with van der Waals surface area (Å²) in [6.07, 6.45) is 5.12. The first-order valence-corrected chi connectivity index (χ1v) is 13.8. The molecular weight excluding hydrogens is 491 g/mol. The van der Waals surface area contributed by atoms with Crippen molar-refractivity contribution in [1.29, 1.82) is 0 Å². The molecule has 0 amide bonds. The van der Waals surface area contributed by atoms with Crippen molar-refractivity contribution in [2.24, 2.45) is 0 Å². The second kappa shape index (κ2) is 13.1. The van der Waals surface area contributed by atoms with Crippen LogP contribution in [-0.4, -0.2) is 8.07 Å². The summed E-state index contributed by atoms with van der Waals surface area (Å²) in [5, 5.41) is 0. The summed E-state index contributed by atoms with van der Waals surface area (Å²) in [6.45, 7) is 0.507. The van der Waals surface area contributed by atoms with E-state index in [-0.39, 0.29) is 0 Å². The highest BCUT2D eigenvalue weighted by atomic mass is 127. The second-order valence-electron chi connectivity index (χ2n) is 7.31. The van der Waals surface area contributed by atoms with E-state index < -0.39 is 28.6 Å². The van der Waals surface area contributed by atoms with Crippen molar-refractivity contribution in [3.8, 4) is 23.8 Å². The van der Waals surface area contributed by atoms with Gasteiger partial charge in [0.1, 0.15) is 8.07 Å². The Morgan fingerprint density at radius 3 is 1.47 bits per heavy atom. The van der Waals surface area contributed by atoms with Crippen molar-refractivity contribution < 1.29 is 12.3 Å². The fourth-order valence-electron chi connectivity index (χ4n) is 1.83. The third-order valence-electron chi connectivity index (χ3n) is 3.36. The number of hydrogen-bond acceptors (Lipinski definition) is 0. The lowest BCUT2D eigenvalue weighted by Gasteiger charge is -2.03. The molecule has 0 unspecified atom stereocenters. The van der Waals surface area contributed by atoms with Gasteiger partial charge in [0.15, 0.2) is 0 Å². The van der Waals surface area contributed by atoms with Crippen LogP contribution in [0, 0.1) is 47.9 Å². The van der Waals surface area contributed by atoms with Crippen LogP contribution < -0.4 is 0 Å². The van der Waals surface area contributed by atoms with Crippen molar-refractivity contribution >= 4 is 30.7 Å². The van der Waals surface area contributed by atoms with Crippen molar-refractivity contribution in [2.75, 3.05) is 0 Å². The zero-order chi connectivity index (χ0) is 30.1. The van der Waals surface area contributed by atoms with Gasteiger partial charge in [-0.05, 0) is 79.5 Å². The summed E-state index contributed by atoms with van der Waals surface area (Å²) in [7, 11) is -1.36. The molecule has 3 aromatic rings. The van der Waals surface area contributed by atoms with E-state index in [9.17, 15) is 0 Å². The highest BCUT2D eigenvalue weighted by Crippen LogP contribution is 2.05. The quantitative estimate of drug-likeness (QED) is 0.158. The smallest absolute Gasteiger partial charge is 0.127 e. The predicted octanol–water partition coefficient (Wildman–Crippen LogP) is 7.80. The molecule has 0 aliphatic rings. The number of rotatable bonds is 0. The first-order valence-electron chi connectivity index (χ1n) is 13.7. The molecule has 0 aliphatic heterocycles. The van der Waals surface area contributed by atoms with E-state index in [0.29, 0.717) is 22.3 Å². The van der Waals surface area contributed by atoms with Crippen LogP contribution in [0.3, 0.4) is 0 Å². The molecule has 0 nitrogen and oxygen atoms in total. The van der Waals surface area contributed by atoms with Gasteiger partial charge in [-0.3, -0.25) is 0 Å². The minimum Gasteiger partial charge on any atom is -0.127 e. The molecule has 3 aromatic carbocycles. The lowest BCUT2D eigenvalue weighted by Crippen LogP contribution is -2.16. The Bertz CT molecular complexity index is 1280. The van der Waals surface area contributed by atoms with Crippen LogP contribution in [0.25, 0.3) is 0 Å². The molecule has 0 fully saturated rings. The number of benzene rings is 3. The summed E-state index contributed by atoms with van der Waals surface area (Å²) in [5.41, 5.74) is 5.91. The van der Waals surface area contributed by atoms with Crippen LogP contribution in [-0.2, 0) is 0 Å². The Hall–Kier alpha value is -2.27.